The first kappa shape index (κ1) is 14.9. The van der Waals surface area contributed by atoms with Gasteiger partial charge < -0.3 is 10.1 Å². The number of imidazole rings is 1. The van der Waals surface area contributed by atoms with Gasteiger partial charge in [0.05, 0.1) is 17.0 Å². The van der Waals surface area contributed by atoms with E-state index in [0.29, 0.717) is 13.2 Å². The van der Waals surface area contributed by atoms with Crippen molar-refractivity contribution in [2.45, 2.75) is 23.8 Å². The Morgan fingerprint density at radius 3 is 3.20 bits per heavy atom. The monoisotopic (exact) mass is 293 g/mol. The highest BCUT2D eigenvalue weighted by atomic mass is 32.2. The van der Waals surface area contributed by atoms with E-state index >= 15 is 0 Å². The van der Waals surface area contributed by atoms with Crippen LogP contribution in [0.2, 0.25) is 0 Å². The van der Waals surface area contributed by atoms with Gasteiger partial charge in [0.2, 0.25) is 5.91 Å². The lowest BCUT2D eigenvalue weighted by Crippen LogP contribution is -2.32. The summed E-state index contributed by atoms with van der Waals surface area (Å²) < 4.78 is 6.93. The Balaban J connectivity index is 1.90. The third-order valence-electron chi connectivity index (χ3n) is 2.88. The number of hydrogen-bond donors (Lipinski definition) is 1. The molecule has 0 bridgehead atoms. The second-order valence-corrected chi connectivity index (χ2v) is 5.74. The van der Waals surface area contributed by atoms with Crippen molar-refractivity contribution in [3.05, 3.63) is 30.6 Å². The Labute approximate surface area is 122 Å². The third-order valence-corrected chi connectivity index (χ3v) is 3.96. The molecule has 2 aromatic heterocycles. The summed E-state index contributed by atoms with van der Waals surface area (Å²) in [5.74, 6) is 0.0267. The number of carbonyl (C=O) groups excluding carboxylic acids is 1. The predicted molar refractivity (Wildman–Crippen MR) is 80.0 cm³/mol. The van der Waals surface area contributed by atoms with Crippen LogP contribution in [-0.4, -0.2) is 40.8 Å². The minimum Gasteiger partial charge on any atom is -0.385 e. The van der Waals surface area contributed by atoms with Crippen molar-refractivity contribution < 1.29 is 9.53 Å². The van der Waals surface area contributed by atoms with Gasteiger partial charge in [0.25, 0.3) is 0 Å². The Kier molecular flexibility index (Phi) is 5.43. The molecule has 1 N–H and O–H groups in total. The van der Waals surface area contributed by atoms with Crippen molar-refractivity contribution in [1.82, 2.24) is 14.7 Å². The molecule has 1 unspecified atom stereocenters. The van der Waals surface area contributed by atoms with Crippen LogP contribution >= 0.6 is 11.8 Å². The summed E-state index contributed by atoms with van der Waals surface area (Å²) in [6, 6.07) is 5.91. The summed E-state index contributed by atoms with van der Waals surface area (Å²) in [6.07, 6.45) is 4.59. The number of nitrogens with one attached hydrogen (secondary N) is 1. The van der Waals surface area contributed by atoms with E-state index in [1.807, 2.05) is 41.9 Å². The molecular formula is C14H19N3O2S. The van der Waals surface area contributed by atoms with Gasteiger partial charge in [0, 0.05) is 26.5 Å². The van der Waals surface area contributed by atoms with Gasteiger partial charge in [0.1, 0.15) is 0 Å². The zero-order valence-electron chi connectivity index (χ0n) is 11.7. The molecule has 0 saturated heterocycles. The molecule has 0 aliphatic rings. The summed E-state index contributed by atoms with van der Waals surface area (Å²) >= 11 is 1.46. The molecule has 2 rings (SSSR count). The molecule has 0 spiro atoms. The summed E-state index contributed by atoms with van der Waals surface area (Å²) in [6.45, 7) is 3.19. The van der Waals surface area contributed by atoms with Crippen molar-refractivity contribution in [2.24, 2.45) is 0 Å². The molecule has 1 atom stereocenters. The first-order valence-corrected chi connectivity index (χ1v) is 7.45. The van der Waals surface area contributed by atoms with Crippen molar-refractivity contribution in [3.8, 4) is 0 Å². The molecule has 0 aliphatic heterocycles. The van der Waals surface area contributed by atoms with Gasteiger partial charge >= 0.3 is 0 Å². The average Bonchev–Trinajstić information content (AvgIpc) is 2.87. The summed E-state index contributed by atoms with van der Waals surface area (Å²) in [5.41, 5.74) is 1.03. The molecular weight excluding hydrogens is 274 g/mol. The van der Waals surface area contributed by atoms with Crippen LogP contribution < -0.4 is 5.32 Å². The van der Waals surface area contributed by atoms with Crippen molar-refractivity contribution in [3.63, 3.8) is 0 Å². The van der Waals surface area contributed by atoms with Crippen molar-refractivity contribution >= 4 is 23.2 Å². The van der Waals surface area contributed by atoms with Gasteiger partial charge in [-0.3, -0.25) is 9.20 Å². The Hall–Kier alpha value is -1.53. The van der Waals surface area contributed by atoms with Crippen LogP contribution in [0.3, 0.4) is 0 Å². The highest BCUT2D eigenvalue weighted by Gasteiger charge is 2.16. The number of ether oxygens (including phenoxy) is 1. The lowest BCUT2D eigenvalue weighted by Gasteiger charge is -2.11. The van der Waals surface area contributed by atoms with Crippen LogP contribution in [0.5, 0.6) is 0 Å². The summed E-state index contributed by atoms with van der Waals surface area (Å²) in [4.78, 5) is 16.3. The van der Waals surface area contributed by atoms with E-state index in [2.05, 4.69) is 10.3 Å². The Bertz CT molecular complexity index is 570. The van der Waals surface area contributed by atoms with Crippen LogP contribution in [-0.2, 0) is 9.53 Å². The minimum absolute atomic E-state index is 0.0267. The fourth-order valence-corrected chi connectivity index (χ4v) is 2.69. The topological polar surface area (TPSA) is 55.6 Å². The lowest BCUT2D eigenvalue weighted by atomic mass is 10.4. The smallest absolute Gasteiger partial charge is 0.233 e. The van der Waals surface area contributed by atoms with Crippen LogP contribution in [0.4, 0.5) is 0 Å². The zero-order chi connectivity index (χ0) is 14.4. The molecule has 0 aromatic carbocycles. The van der Waals surface area contributed by atoms with Gasteiger partial charge in [-0.15, -0.1) is 0 Å². The van der Waals surface area contributed by atoms with E-state index in [4.69, 9.17) is 4.74 Å². The van der Waals surface area contributed by atoms with E-state index in [9.17, 15) is 4.79 Å². The second-order valence-electron chi connectivity index (χ2n) is 4.43. The largest absolute Gasteiger partial charge is 0.385 e. The predicted octanol–water partition coefficient (Wildman–Crippen LogP) is 1.97. The quantitative estimate of drug-likeness (QED) is 0.626. The molecule has 0 aliphatic carbocycles. The van der Waals surface area contributed by atoms with Crippen molar-refractivity contribution in [1.29, 1.82) is 0 Å². The first-order chi connectivity index (χ1) is 9.72. The molecule has 0 radical (unpaired) electrons. The second kappa shape index (κ2) is 7.31. The summed E-state index contributed by atoms with van der Waals surface area (Å²) in [5, 5.41) is 3.56. The molecule has 1 amide bonds. The van der Waals surface area contributed by atoms with Gasteiger partial charge in [-0.05, 0) is 25.5 Å². The SMILES string of the molecule is COCCCNC(=O)C(C)Sc1ncc2ccccn12. The maximum atomic E-state index is 12.0. The molecule has 5 nitrogen and oxygen atoms in total. The van der Waals surface area contributed by atoms with E-state index in [-0.39, 0.29) is 11.2 Å². The van der Waals surface area contributed by atoms with Crippen LogP contribution in [0.25, 0.3) is 5.52 Å². The van der Waals surface area contributed by atoms with E-state index < -0.39 is 0 Å². The highest BCUT2D eigenvalue weighted by molar-refractivity contribution is 8.00. The van der Waals surface area contributed by atoms with Crippen LogP contribution in [0.15, 0.2) is 35.7 Å². The van der Waals surface area contributed by atoms with Gasteiger partial charge in [-0.2, -0.15) is 0 Å². The summed E-state index contributed by atoms with van der Waals surface area (Å²) in [7, 11) is 1.66. The van der Waals surface area contributed by atoms with Gasteiger partial charge in [-0.25, -0.2) is 4.98 Å². The fourth-order valence-electron chi connectivity index (χ4n) is 1.79. The average molecular weight is 293 g/mol. The molecule has 20 heavy (non-hydrogen) atoms. The first-order valence-electron chi connectivity index (χ1n) is 6.58. The number of thioether (sulfide) groups is 1. The number of carbonyl (C=O) groups is 1. The van der Waals surface area contributed by atoms with Crippen molar-refractivity contribution in [2.75, 3.05) is 20.3 Å². The van der Waals surface area contributed by atoms with Gasteiger partial charge in [0.15, 0.2) is 5.16 Å². The zero-order valence-corrected chi connectivity index (χ0v) is 12.5. The number of hydrogen-bond acceptors (Lipinski definition) is 4. The number of pyridine rings is 1. The normalized spacial score (nSPS) is 12.5. The number of nitrogens with zero attached hydrogens (tertiary/aromatic N) is 2. The van der Waals surface area contributed by atoms with Gasteiger partial charge in [-0.1, -0.05) is 17.8 Å². The van der Waals surface area contributed by atoms with Crippen LogP contribution in [0, 0.1) is 0 Å². The lowest BCUT2D eigenvalue weighted by molar-refractivity contribution is -0.120. The number of methoxy groups -OCH3 is 1. The molecule has 6 heteroatoms. The maximum absolute atomic E-state index is 12.0. The van der Waals surface area contributed by atoms with E-state index in [1.54, 1.807) is 7.11 Å². The van der Waals surface area contributed by atoms with E-state index in [1.165, 1.54) is 11.8 Å². The maximum Gasteiger partial charge on any atom is 0.233 e. The molecule has 2 aromatic rings. The van der Waals surface area contributed by atoms with E-state index in [0.717, 1.165) is 17.1 Å². The Morgan fingerprint density at radius 2 is 2.40 bits per heavy atom. The third kappa shape index (κ3) is 3.74. The molecule has 0 saturated carbocycles. The molecule has 2 heterocycles. The number of aromatic nitrogens is 2. The highest BCUT2D eigenvalue weighted by Crippen LogP contribution is 2.23. The minimum atomic E-state index is -0.177. The fraction of sp³-hybridized carbons (Fsp3) is 0.429. The number of rotatable bonds is 7. The molecule has 0 fully saturated rings. The molecule has 108 valence electrons. The number of amides is 1. The standard InChI is InChI=1S/C14H19N3O2S/c1-11(13(18)15-7-5-9-19-2)20-14-16-10-12-6-3-4-8-17(12)14/h3-4,6,8,10-11H,5,7,9H2,1-2H3,(H,15,18). The number of fused-ring (bicyclic) bond motifs is 1. The van der Waals surface area contributed by atoms with Crippen LogP contribution in [0.1, 0.15) is 13.3 Å². The Morgan fingerprint density at radius 1 is 1.55 bits per heavy atom.